The number of hydrogen-bond acceptors (Lipinski definition) is 2. The number of rotatable bonds is 8. The van der Waals surface area contributed by atoms with E-state index >= 15 is 0 Å². The van der Waals surface area contributed by atoms with Crippen molar-refractivity contribution in [2.24, 2.45) is 0 Å². The first-order chi connectivity index (χ1) is 12.8. The molecule has 1 aromatic heterocycles. The van der Waals surface area contributed by atoms with Crippen LogP contribution >= 0.6 is 0 Å². The summed E-state index contributed by atoms with van der Waals surface area (Å²) in [6, 6.07) is 10.4. The predicted octanol–water partition coefficient (Wildman–Crippen LogP) is 4.02. The highest BCUT2D eigenvalue weighted by Crippen LogP contribution is 2.13. The number of aromatic nitrogens is 1. The SMILES string of the molecule is COCCCN(Cc1cccn1Cc1cccc(F)c1)C(=O)NC(C)(C)C. The van der Waals surface area contributed by atoms with E-state index in [1.165, 1.54) is 12.1 Å². The number of hydrogen-bond donors (Lipinski definition) is 1. The Morgan fingerprint density at radius 1 is 1.26 bits per heavy atom. The number of methoxy groups -OCH3 is 1. The Labute approximate surface area is 161 Å². The zero-order valence-electron chi connectivity index (χ0n) is 16.7. The molecule has 2 rings (SSSR count). The summed E-state index contributed by atoms with van der Waals surface area (Å²) in [6.07, 6.45) is 2.72. The number of carbonyl (C=O) groups is 1. The van der Waals surface area contributed by atoms with Gasteiger partial charge in [0.2, 0.25) is 0 Å². The van der Waals surface area contributed by atoms with E-state index in [-0.39, 0.29) is 17.4 Å². The van der Waals surface area contributed by atoms with Crippen LogP contribution in [0.5, 0.6) is 0 Å². The Morgan fingerprint density at radius 3 is 2.70 bits per heavy atom. The molecular weight excluding hydrogens is 345 g/mol. The fourth-order valence-electron chi connectivity index (χ4n) is 2.83. The van der Waals surface area contributed by atoms with E-state index in [0.717, 1.165) is 17.7 Å². The largest absolute Gasteiger partial charge is 0.385 e. The van der Waals surface area contributed by atoms with Crippen LogP contribution in [0.3, 0.4) is 0 Å². The van der Waals surface area contributed by atoms with Gasteiger partial charge in [-0.25, -0.2) is 9.18 Å². The van der Waals surface area contributed by atoms with Crippen molar-refractivity contribution >= 4 is 6.03 Å². The number of benzene rings is 1. The second-order valence-corrected chi connectivity index (χ2v) is 7.71. The third-order valence-corrected chi connectivity index (χ3v) is 4.06. The van der Waals surface area contributed by atoms with E-state index in [0.29, 0.717) is 26.2 Å². The summed E-state index contributed by atoms with van der Waals surface area (Å²) < 4.78 is 20.6. The number of urea groups is 1. The molecule has 2 aromatic rings. The highest BCUT2D eigenvalue weighted by molar-refractivity contribution is 5.74. The molecule has 6 heteroatoms. The summed E-state index contributed by atoms with van der Waals surface area (Å²) in [5.41, 5.74) is 1.58. The van der Waals surface area contributed by atoms with Gasteiger partial charge in [0.1, 0.15) is 5.82 Å². The summed E-state index contributed by atoms with van der Waals surface area (Å²) in [6.45, 7) is 8.13. The molecule has 0 fully saturated rings. The quantitative estimate of drug-likeness (QED) is 0.709. The smallest absolute Gasteiger partial charge is 0.318 e. The van der Waals surface area contributed by atoms with Crippen molar-refractivity contribution in [3.8, 4) is 0 Å². The Balaban J connectivity index is 2.12. The fraction of sp³-hybridized carbons (Fsp3) is 0.476. The standard InChI is InChI=1S/C21H30FN3O2/c1-21(2,3)23-20(26)25(12-7-13-27-4)16-19-10-6-11-24(19)15-17-8-5-9-18(22)14-17/h5-6,8-11,14H,7,12-13,15-16H2,1-4H3,(H,23,26). The number of nitrogens with one attached hydrogen (secondary N) is 1. The molecule has 0 saturated heterocycles. The molecule has 0 radical (unpaired) electrons. The number of nitrogens with zero attached hydrogens (tertiary/aromatic N) is 2. The molecule has 1 heterocycles. The predicted molar refractivity (Wildman–Crippen MR) is 105 cm³/mol. The summed E-state index contributed by atoms with van der Waals surface area (Å²) in [7, 11) is 1.66. The molecule has 0 saturated carbocycles. The van der Waals surface area contributed by atoms with Gasteiger partial charge in [0.25, 0.3) is 0 Å². The van der Waals surface area contributed by atoms with E-state index in [1.807, 2.05) is 49.7 Å². The second kappa shape index (κ2) is 9.55. The maximum Gasteiger partial charge on any atom is 0.318 e. The molecule has 148 valence electrons. The normalized spacial score (nSPS) is 11.4. The maximum absolute atomic E-state index is 13.5. The van der Waals surface area contributed by atoms with Crippen molar-refractivity contribution in [1.29, 1.82) is 0 Å². The molecule has 0 bridgehead atoms. The minimum atomic E-state index is -0.305. The van der Waals surface area contributed by atoms with Crippen LogP contribution in [0.2, 0.25) is 0 Å². The van der Waals surface area contributed by atoms with Crippen molar-refractivity contribution in [2.75, 3.05) is 20.3 Å². The van der Waals surface area contributed by atoms with Crippen LogP contribution in [0.4, 0.5) is 9.18 Å². The minimum absolute atomic E-state index is 0.0999. The summed E-state index contributed by atoms with van der Waals surface area (Å²) in [4.78, 5) is 14.5. The molecule has 0 aliphatic rings. The average Bonchev–Trinajstić information content (AvgIpc) is 2.99. The van der Waals surface area contributed by atoms with Crippen LogP contribution in [0.1, 0.15) is 38.4 Å². The number of carbonyl (C=O) groups excluding carboxylic acids is 1. The van der Waals surface area contributed by atoms with Gasteiger partial charge in [-0.15, -0.1) is 0 Å². The Hall–Kier alpha value is -2.34. The highest BCUT2D eigenvalue weighted by atomic mass is 19.1. The monoisotopic (exact) mass is 375 g/mol. The Morgan fingerprint density at radius 2 is 2.04 bits per heavy atom. The van der Waals surface area contributed by atoms with Crippen molar-refractivity contribution in [2.45, 2.75) is 45.8 Å². The lowest BCUT2D eigenvalue weighted by Gasteiger charge is -2.29. The van der Waals surface area contributed by atoms with Crippen molar-refractivity contribution in [1.82, 2.24) is 14.8 Å². The van der Waals surface area contributed by atoms with Gasteiger partial charge in [0.05, 0.1) is 6.54 Å². The maximum atomic E-state index is 13.5. The van der Waals surface area contributed by atoms with Gasteiger partial charge in [0, 0.05) is 44.2 Å². The van der Waals surface area contributed by atoms with E-state index in [9.17, 15) is 9.18 Å². The van der Waals surface area contributed by atoms with Crippen LogP contribution in [0.25, 0.3) is 0 Å². The van der Waals surface area contributed by atoms with Crippen molar-refractivity contribution < 1.29 is 13.9 Å². The number of halogens is 1. The third kappa shape index (κ3) is 7.06. The summed E-state index contributed by atoms with van der Waals surface area (Å²) in [5, 5.41) is 3.02. The lowest BCUT2D eigenvalue weighted by atomic mass is 10.1. The Bertz CT molecular complexity index is 737. The molecule has 0 unspecified atom stereocenters. The summed E-state index contributed by atoms with van der Waals surface area (Å²) in [5.74, 6) is -0.244. The molecule has 27 heavy (non-hydrogen) atoms. The topological polar surface area (TPSA) is 46.5 Å². The molecule has 0 atom stereocenters. The van der Waals surface area contributed by atoms with Crippen LogP contribution in [-0.4, -0.2) is 41.3 Å². The molecule has 1 aromatic carbocycles. The molecule has 5 nitrogen and oxygen atoms in total. The molecule has 0 aliphatic carbocycles. The fourth-order valence-corrected chi connectivity index (χ4v) is 2.83. The minimum Gasteiger partial charge on any atom is -0.385 e. The van der Waals surface area contributed by atoms with Gasteiger partial charge in [-0.2, -0.15) is 0 Å². The third-order valence-electron chi connectivity index (χ3n) is 4.06. The van der Waals surface area contributed by atoms with Crippen LogP contribution in [0.15, 0.2) is 42.6 Å². The van der Waals surface area contributed by atoms with Gasteiger partial charge in [-0.3, -0.25) is 0 Å². The van der Waals surface area contributed by atoms with E-state index in [1.54, 1.807) is 18.1 Å². The first-order valence-electron chi connectivity index (χ1n) is 9.23. The number of amides is 2. The summed E-state index contributed by atoms with van der Waals surface area (Å²) >= 11 is 0. The van der Waals surface area contributed by atoms with Gasteiger partial charge in [-0.05, 0) is 57.0 Å². The van der Waals surface area contributed by atoms with Gasteiger partial charge in [0.15, 0.2) is 0 Å². The lowest BCUT2D eigenvalue weighted by Crippen LogP contribution is -2.48. The lowest BCUT2D eigenvalue weighted by molar-refractivity contribution is 0.160. The zero-order chi connectivity index (χ0) is 19.9. The molecular formula is C21H30FN3O2. The van der Waals surface area contributed by atoms with Crippen molar-refractivity contribution in [3.05, 3.63) is 59.7 Å². The van der Waals surface area contributed by atoms with E-state index < -0.39 is 0 Å². The average molecular weight is 375 g/mol. The highest BCUT2D eigenvalue weighted by Gasteiger charge is 2.20. The zero-order valence-corrected chi connectivity index (χ0v) is 16.7. The molecule has 0 spiro atoms. The molecule has 1 N–H and O–H groups in total. The van der Waals surface area contributed by atoms with E-state index in [2.05, 4.69) is 5.32 Å². The second-order valence-electron chi connectivity index (χ2n) is 7.71. The first-order valence-corrected chi connectivity index (χ1v) is 9.23. The number of ether oxygens (including phenoxy) is 1. The van der Waals surface area contributed by atoms with Gasteiger partial charge < -0.3 is 19.5 Å². The van der Waals surface area contributed by atoms with E-state index in [4.69, 9.17) is 4.74 Å². The van der Waals surface area contributed by atoms with Gasteiger partial charge in [-0.1, -0.05) is 12.1 Å². The van der Waals surface area contributed by atoms with Crippen LogP contribution in [-0.2, 0) is 17.8 Å². The van der Waals surface area contributed by atoms with Crippen LogP contribution in [0, 0.1) is 5.82 Å². The van der Waals surface area contributed by atoms with Crippen molar-refractivity contribution in [3.63, 3.8) is 0 Å². The molecule has 0 aliphatic heterocycles. The molecule has 2 amide bonds. The van der Waals surface area contributed by atoms with Gasteiger partial charge >= 0.3 is 6.03 Å². The Kier molecular flexibility index (Phi) is 7.42. The first kappa shape index (κ1) is 21.0. The van der Waals surface area contributed by atoms with Crippen LogP contribution < -0.4 is 5.32 Å².